The molecule has 3 atom stereocenters. The van der Waals surface area contributed by atoms with Gasteiger partial charge in [0.15, 0.2) is 0 Å². The molecule has 1 N–H and O–H groups in total. The van der Waals surface area contributed by atoms with E-state index in [4.69, 9.17) is 0 Å². The standard InChI is InChI=1S/C11H22N2OS/c1-8-5-12-6-10(8)11(14)13(3)9(2)7-15-4/h8-10,12H,5-7H2,1-4H3/t8-,9?,10-/m1/s1. The number of hydrogen-bond donors (Lipinski definition) is 1. The van der Waals surface area contributed by atoms with Crippen molar-refractivity contribution < 1.29 is 4.79 Å². The molecule has 0 spiro atoms. The van der Waals surface area contributed by atoms with Crippen molar-refractivity contribution in [2.45, 2.75) is 19.9 Å². The summed E-state index contributed by atoms with van der Waals surface area (Å²) in [5.74, 6) is 1.96. The Morgan fingerprint density at radius 2 is 2.27 bits per heavy atom. The highest BCUT2D eigenvalue weighted by atomic mass is 32.2. The topological polar surface area (TPSA) is 32.3 Å². The van der Waals surface area contributed by atoms with Gasteiger partial charge in [0, 0.05) is 25.4 Å². The largest absolute Gasteiger partial charge is 0.342 e. The second-order valence-electron chi connectivity index (χ2n) is 4.50. The highest BCUT2D eigenvalue weighted by molar-refractivity contribution is 7.98. The van der Waals surface area contributed by atoms with Gasteiger partial charge in [0.05, 0.1) is 5.92 Å². The Kier molecular flexibility index (Phi) is 4.93. The van der Waals surface area contributed by atoms with E-state index in [2.05, 4.69) is 25.4 Å². The van der Waals surface area contributed by atoms with Crippen molar-refractivity contribution in [1.82, 2.24) is 10.2 Å². The third-order valence-corrected chi connectivity index (χ3v) is 4.07. The Morgan fingerprint density at radius 1 is 1.60 bits per heavy atom. The van der Waals surface area contributed by atoms with E-state index in [9.17, 15) is 4.79 Å². The number of carbonyl (C=O) groups is 1. The summed E-state index contributed by atoms with van der Waals surface area (Å²) < 4.78 is 0. The molecule has 1 fully saturated rings. The minimum Gasteiger partial charge on any atom is -0.342 e. The van der Waals surface area contributed by atoms with Crippen molar-refractivity contribution in [2.24, 2.45) is 11.8 Å². The summed E-state index contributed by atoms with van der Waals surface area (Å²) in [5.41, 5.74) is 0. The zero-order valence-corrected chi connectivity index (χ0v) is 10.9. The van der Waals surface area contributed by atoms with E-state index in [1.807, 2.05) is 11.9 Å². The van der Waals surface area contributed by atoms with E-state index in [0.29, 0.717) is 17.9 Å². The summed E-state index contributed by atoms with van der Waals surface area (Å²) in [6.45, 7) is 6.08. The van der Waals surface area contributed by atoms with Crippen LogP contribution < -0.4 is 5.32 Å². The number of rotatable bonds is 4. The lowest BCUT2D eigenvalue weighted by Gasteiger charge is -2.28. The van der Waals surface area contributed by atoms with Crippen LogP contribution in [-0.4, -0.2) is 49.0 Å². The zero-order valence-electron chi connectivity index (χ0n) is 10.1. The SMILES string of the molecule is CSCC(C)N(C)C(=O)[C@@H]1CNC[C@H]1C. The summed E-state index contributed by atoms with van der Waals surface area (Å²) in [7, 11) is 1.92. The predicted octanol–water partition coefficient (Wildman–Crippen LogP) is 1.05. The highest BCUT2D eigenvalue weighted by Gasteiger charge is 2.32. The smallest absolute Gasteiger partial charge is 0.227 e. The fraction of sp³-hybridized carbons (Fsp3) is 0.909. The van der Waals surface area contributed by atoms with Crippen LogP contribution in [0.15, 0.2) is 0 Å². The summed E-state index contributed by atoms with van der Waals surface area (Å²) in [4.78, 5) is 14.1. The first kappa shape index (κ1) is 12.8. The monoisotopic (exact) mass is 230 g/mol. The van der Waals surface area contributed by atoms with Crippen LogP contribution in [0.2, 0.25) is 0 Å². The quantitative estimate of drug-likeness (QED) is 0.783. The van der Waals surface area contributed by atoms with Crippen molar-refractivity contribution in [3.63, 3.8) is 0 Å². The second-order valence-corrected chi connectivity index (χ2v) is 5.41. The molecule has 1 rings (SSSR count). The van der Waals surface area contributed by atoms with E-state index in [1.165, 1.54) is 0 Å². The van der Waals surface area contributed by atoms with Gasteiger partial charge in [0.1, 0.15) is 0 Å². The molecule has 1 aliphatic heterocycles. The molecule has 0 saturated carbocycles. The fourth-order valence-corrected chi connectivity index (χ4v) is 2.68. The lowest BCUT2D eigenvalue weighted by atomic mass is 9.96. The maximum Gasteiger partial charge on any atom is 0.227 e. The first-order valence-corrected chi connectivity index (χ1v) is 6.93. The summed E-state index contributed by atoms with van der Waals surface area (Å²) in [6.07, 6.45) is 2.08. The first-order chi connectivity index (χ1) is 7.07. The van der Waals surface area contributed by atoms with Crippen LogP contribution in [0.25, 0.3) is 0 Å². The summed E-state index contributed by atoms with van der Waals surface area (Å²) in [5, 5.41) is 3.28. The fourth-order valence-electron chi connectivity index (χ4n) is 1.97. The third-order valence-electron chi connectivity index (χ3n) is 3.25. The van der Waals surface area contributed by atoms with Gasteiger partial charge in [-0.2, -0.15) is 11.8 Å². The molecule has 1 unspecified atom stereocenters. The van der Waals surface area contributed by atoms with E-state index in [-0.39, 0.29) is 5.92 Å². The van der Waals surface area contributed by atoms with Crippen molar-refractivity contribution in [1.29, 1.82) is 0 Å². The summed E-state index contributed by atoms with van der Waals surface area (Å²) in [6, 6.07) is 0.334. The Hall–Kier alpha value is -0.220. The van der Waals surface area contributed by atoms with E-state index < -0.39 is 0 Å². The minimum absolute atomic E-state index is 0.180. The molecule has 0 aliphatic carbocycles. The average molecular weight is 230 g/mol. The van der Waals surface area contributed by atoms with Gasteiger partial charge in [-0.15, -0.1) is 0 Å². The molecule has 1 aliphatic rings. The van der Waals surface area contributed by atoms with Crippen LogP contribution in [-0.2, 0) is 4.79 Å². The van der Waals surface area contributed by atoms with Gasteiger partial charge in [-0.25, -0.2) is 0 Å². The van der Waals surface area contributed by atoms with Gasteiger partial charge < -0.3 is 10.2 Å². The van der Waals surface area contributed by atoms with Crippen LogP contribution in [0.4, 0.5) is 0 Å². The number of nitrogens with zero attached hydrogens (tertiary/aromatic N) is 1. The van der Waals surface area contributed by atoms with Crippen LogP contribution >= 0.6 is 11.8 Å². The Balaban J connectivity index is 2.51. The van der Waals surface area contributed by atoms with Crippen molar-refractivity contribution in [2.75, 3.05) is 32.1 Å². The van der Waals surface area contributed by atoms with Gasteiger partial charge in [-0.1, -0.05) is 6.92 Å². The Morgan fingerprint density at radius 3 is 2.73 bits per heavy atom. The highest BCUT2D eigenvalue weighted by Crippen LogP contribution is 2.19. The van der Waals surface area contributed by atoms with Crippen LogP contribution in [0.3, 0.4) is 0 Å². The molecule has 1 saturated heterocycles. The molecule has 0 bridgehead atoms. The van der Waals surface area contributed by atoms with Gasteiger partial charge in [-0.05, 0) is 25.6 Å². The lowest BCUT2D eigenvalue weighted by molar-refractivity contribution is -0.136. The van der Waals surface area contributed by atoms with Crippen LogP contribution in [0, 0.1) is 11.8 Å². The zero-order chi connectivity index (χ0) is 11.4. The Bertz CT molecular complexity index is 223. The number of carbonyl (C=O) groups excluding carboxylic acids is 1. The number of thioether (sulfide) groups is 1. The van der Waals surface area contributed by atoms with Gasteiger partial charge in [0.2, 0.25) is 5.91 Å². The van der Waals surface area contributed by atoms with E-state index in [0.717, 1.165) is 18.8 Å². The second kappa shape index (κ2) is 5.75. The molecular weight excluding hydrogens is 208 g/mol. The maximum atomic E-state index is 12.1. The van der Waals surface area contributed by atoms with Gasteiger partial charge in [-0.3, -0.25) is 4.79 Å². The van der Waals surface area contributed by atoms with Gasteiger partial charge >= 0.3 is 0 Å². The average Bonchev–Trinajstić information content (AvgIpc) is 2.62. The normalized spacial score (nSPS) is 27.7. The molecule has 1 heterocycles. The molecule has 0 radical (unpaired) electrons. The molecule has 0 aromatic carbocycles. The minimum atomic E-state index is 0.180. The first-order valence-electron chi connectivity index (χ1n) is 5.54. The predicted molar refractivity (Wildman–Crippen MR) is 66.1 cm³/mol. The molecule has 3 nitrogen and oxygen atoms in total. The summed E-state index contributed by atoms with van der Waals surface area (Å²) >= 11 is 1.79. The number of nitrogens with one attached hydrogen (secondary N) is 1. The molecule has 88 valence electrons. The maximum absolute atomic E-state index is 12.1. The molecule has 0 aromatic rings. The van der Waals surface area contributed by atoms with E-state index in [1.54, 1.807) is 11.8 Å². The van der Waals surface area contributed by atoms with Gasteiger partial charge in [0.25, 0.3) is 0 Å². The number of hydrogen-bond acceptors (Lipinski definition) is 3. The molecular formula is C11H22N2OS. The molecule has 15 heavy (non-hydrogen) atoms. The lowest BCUT2D eigenvalue weighted by Crippen LogP contribution is -2.42. The van der Waals surface area contributed by atoms with Crippen molar-refractivity contribution >= 4 is 17.7 Å². The molecule has 4 heteroatoms. The number of amides is 1. The van der Waals surface area contributed by atoms with Crippen molar-refractivity contribution in [3.8, 4) is 0 Å². The van der Waals surface area contributed by atoms with E-state index >= 15 is 0 Å². The van der Waals surface area contributed by atoms with Crippen LogP contribution in [0.1, 0.15) is 13.8 Å². The van der Waals surface area contributed by atoms with Crippen molar-refractivity contribution in [3.05, 3.63) is 0 Å². The molecule has 1 amide bonds. The van der Waals surface area contributed by atoms with Crippen LogP contribution in [0.5, 0.6) is 0 Å². The Labute approximate surface area is 97.0 Å². The third kappa shape index (κ3) is 3.11. The molecule has 0 aromatic heterocycles.